The van der Waals surface area contributed by atoms with Gasteiger partial charge in [-0.2, -0.15) is 0 Å². The first kappa shape index (κ1) is 12.2. The number of amides is 1. The molecule has 1 N–H and O–H groups in total. The Hall–Kier alpha value is -0.900. The average molecular weight is 212 g/mol. The van der Waals surface area contributed by atoms with E-state index in [9.17, 15) is 9.59 Å². The van der Waals surface area contributed by atoms with Crippen molar-refractivity contribution in [2.24, 2.45) is 5.92 Å². The van der Waals surface area contributed by atoms with Crippen molar-refractivity contribution in [2.45, 2.75) is 26.7 Å². The van der Waals surface area contributed by atoms with Crippen LogP contribution < -0.4 is 5.32 Å². The third-order valence-corrected chi connectivity index (χ3v) is 2.60. The summed E-state index contributed by atoms with van der Waals surface area (Å²) in [5.41, 5.74) is 0. The van der Waals surface area contributed by atoms with E-state index in [2.05, 4.69) is 5.32 Å². The molecule has 1 rings (SSSR count). The van der Waals surface area contributed by atoms with Gasteiger partial charge in [0.25, 0.3) is 0 Å². The number of hydrogen-bond donors (Lipinski definition) is 1. The third kappa shape index (κ3) is 4.42. The lowest BCUT2D eigenvalue weighted by atomic mass is 10.2. The van der Waals surface area contributed by atoms with Crippen LogP contribution in [0.5, 0.6) is 0 Å². The minimum absolute atomic E-state index is 0.00273. The number of ketones is 1. The van der Waals surface area contributed by atoms with Crippen molar-refractivity contribution in [1.82, 2.24) is 10.2 Å². The molecule has 0 spiro atoms. The molecule has 1 aliphatic carbocycles. The Bertz CT molecular complexity index is 237. The number of likely N-dealkylation sites (N-methyl/N-ethyl adjacent to an activating group) is 2. The quantitative estimate of drug-likeness (QED) is 0.665. The maximum atomic E-state index is 11.5. The van der Waals surface area contributed by atoms with Crippen LogP contribution in [0.15, 0.2) is 0 Å². The number of nitrogens with one attached hydrogen (secondary N) is 1. The third-order valence-electron chi connectivity index (χ3n) is 2.60. The zero-order chi connectivity index (χ0) is 11.3. The summed E-state index contributed by atoms with van der Waals surface area (Å²) in [6, 6.07) is 0. The molecule has 0 aromatic heterocycles. The summed E-state index contributed by atoms with van der Waals surface area (Å²) in [4.78, 5) is 24.8. The maximum absolute atomic E-state index is 11.5. The lowest BCUT2D eigenvalue weighted by Gasteiger charge is -2.18. The van der Waals surface area contributed by atoms with Gasteiger partial charge in [-0.05, 0) is 26.3 Å². The van der Waals surface area contributed by atoms with E-state index in [1.807, 2.05) is 18.7 Å². The Kier molecular flexibility index (Phi) is 4.75. The molecule has 0 aromatic carbocycles. The highest BCUT2D eigenvalue weighted by Crippen LogP contribution is 2.29. The van der Waals surface area contributed by atoms with Crippen molar-refractivity contribution >= 4 is 11.7 Å². The van der Waals surface area contributed by atoms with Gasteiger partial charge in [0.05, 0.1) is 13.1 Å². The molecule has 0 heterocycles. The number of hydrogen-bond acceptors (Lipinski definition) is 3. The minimum Gasteiger partial charge on any atom is -0.355 e. The lowest BCUT2D eigenvalue weighted by Crippen LogP contribution is -2.39. The molecule has 0 aliphatic heterocycles. The van der Waals surface area contributed by atoms with Crippen molar-refractivity contribution in [3.8, 4) is 0 Å². The van der Waals surface area contributed by atoms with E-state index in [-0.39, 0.29) is 11.8 Å². The van der Waals surface area contributed by atoms with Crippen molar-refractivity contribution in [1.29, 1.82) is 0 Å². The minimum atomic E-state index is 0.00273. The molecule has 0 unspecified atom stereocenters. The fourth-order valence-electron chi connectivity index (χ4n) is 1.49. The van der Waals surface area contributed by atoms with Gasteiger partial charge < -0.3 is 5.32 Å². The molecule has 0 bridgehead atoms. The Morgan fingerprint density at radius 2 is 1.93 bits per heavy atom. The second-order valence-corrected chi connectivity index (χ2v) is 4.00. The van der Waals surface area contributed by atoms with E-state index in [1.54, 1.807) is 0 Å². The van der Waals surface area contributed by atoms with E-state index in [0.717, 1.165) is 19.4 Å². The van der Waals surface area contributed by atoms with E-state index < -0.39 is 0 Å². The molecule has 4 nitrogen and oxygen atoms in total. The number of rotatable bonds is 7. The Morgan fingerprint density at radius 3 is 2.40 bits per heavy atom. The first-order valence-electron chi connectivity index (χ1n) is 5.69. The molecular formula is C11H20N2O2. The largest absolute Gasteiger partial charge is 0.355 e. The second-order valence-electron chi connectivity index (χ2n) is 4.00. The standard InChI is InChI=1S/C11H20N2O2/c1-3-12-11(15)8-13(4-2)7-10(14)9-5-6-9/h9H,3-8H2,1-2H3,(H,12,15). The van der Waals surface area contributed by atoms with Crippen LogP contribution in [0.3, 0.4) is 0 Å². The van der Waals surface area contributed by atoms with E-state index in [0.29, 0.717) is 25.4 Å². The lowest BCUT2D eigenvalue weighted by molar-refractivity contribution is -0.124. The van der Waals surface area contributed by atoms with Crippen LogP contribution in [-0.2, 0) is 9.59 Å². The van der Waals surface area contributed by atoms with Gasteiger partial charge in [-0.25, -0.2) is 0 Å². The molecule has 0 radical (unpaired) electrons. The Morgan fingerprint density at radius 1 is 1.27 bits per heavy atom. The van der Waals surface area contributed by atoms with Crippen LogP contribution in [0.1, 0.15) is 26.7 Å². The fraction of sp³-hybridized carbons (Fsp3) is 0.818. The fourth-order valence-corrected chi connectivity index (χ4v) is 1.49. The van der Waals surface area contributed by atoms with E-state index in [1.165, 1.54) is 0 Å². The Balaban J connectivity index is 2.27. The smallest absolute Gasteiger partial charge is 0.234 e. The van der Waals surface area contributed by atoms with Crippen LogP contribution in [0, 0.1) is 5.92 Å². The van der Waals surface area contributed by atoms with Gasteiger partial charge in [-0.3, -0.25) is 14.5 Å². The molecule has 1 fully saturated rings. The topological polar surface area (TPSA) is 49.4 Å². The molecule has 1 aliphatic rings. The van der Waals surface area contributed by atoms with Crippen LogP contribution in [0.25, 0.3) is 0 Å². The van der Waals surface area contributed by atoms with Crippen LogP contribution in [0.4, 0.5) is 0 Å². The Labute approximate surface area is 91.0 Å². The van der Waals surface area contributed by atoms with E-state index in [4.69, 9.17) is 0 Å². The zero-order valence-electron chi connectivity index (χ0n) is 9.58. The number of Topliss-reactive ketones (excluding diaryl/α,β-unsaturated/α-hetero) is 1. The van der Waals surface area contributed by atoms with E-state index >= 15 is 0 Å². The van der Waals surface area contributed by atoms with Crippen LogP contribution >= 0.6 is 0 Å². The van der Waals surface area contributed by atoms with Gasteiger partial charge in [-0.15, -0.1) is 0 Å². The number of nitrogens with zero attached hydrogens (tertiary/aromatic N) is 1. The highest BCUT2D eigenvalue weighted by atomic mass is 16.2. The number of carbonyl (C=O) groups excluding carboxylic acids is 2. The first-order valence-corrected chi connectivity index (χ1v) is 5.69. The molecule has 4 heteroatoms. The maximum Gasteiger partial charge on any atom is 0.234 e. The predicted molar refractivity (Wildman–Crippen MR) is 58.5 cm³/mol. The molecule has 0 saturated heterocycles. The molecule has 1 saturated carbocycles. The van der Waals surface area contributed by atoms with Gasteiger partial charge in [0.2, 0.25) is 5.91 Å². The van der Waals surface area contributed by atoms with Crippen molar-refractivity contribution in [3.05, 3.63) is 0 Å². The molecule has 15 heavy (non-hydrogen) atoms. The summed E-state index contributed by atoms with van der Waals surface area (Å²) in [7, 11) is 0. The normalized spacial score (nSPS) is 15.4. The van der Waals surface area contributed by atoms with Crippen molar-refractivity contribution in [2.75, 3.05) is 26.2 Å². The summed E-state index contributed by atoms with van der Waals surface area (Å²) >= 11 is 0. The zero-order valence-corrected chi connectivity index (χ0v) is 9.58. The number of carbonyl (C=O) groups is 2. The molecular weight excluding hydrogens is 192 g/mol. The highest BCUT2D eigenvalue weighted by Gasteiger charge is 2.30. The highest BCUT2D eigenvalue weighted by molar-refractivity contribution is 5.86. The van der Waals surface area contributed by atoms with Gasteiger partial charge in [0.1, 0.15) is 5.78 Å². The SMILES string of the molecule is CCNC(=O)CN(CC)CC(=O)C1CC1. The average Bonchev–Trinajstić information content (AvgIpc) is 3.00. The monoisotopic (exact) mass is 212 g/mol. The summed E-state index contributed by atoms with van der Waals surface area (Å²) in [6.07, 6.45) is 2.08. The van der Waals surface area contributed by atoms with Gasteiger partial charge in [0, 0.05) is 12.5 Å². The first-order chi connectivity index (χ1) is 7.17. The summed E-state index contributed by atoms with van der Waals surface area (Å²) in [6.45, 7) is 6.02. The van der Waals surface area contributed by atoms with Gasteiger partial charge in [-0.1, -0.05) is 6.92 Å². The molecule has 1 amide bonds. The predicted octanol–water partition coefficient (Wildman–Crippen LogP) is 0.423. The van der Waals surface area contributed by atoms with Gasteiger partial charge in [0.15, 0.2) is 0 Å². The van der Waals surface area contributed by atoms with Crippen molar-refractivity contribution < 1.29 is 9.59 Å². The second kappa shape index (κ2) is 5.85. The molecule has 86 valence electrons. The summed E-state index contributed by atoms with van der Waals surface area (Å²) in [5, 5.41) is 2.74. The van der Waals surface area contributed by atoms with Crippen LogP contribution in [-0.4, -0.2) is 42.8 Å². The van der Waals surface area contributed by atoms with Gasteiger partial charge >= 0.3 is 0 Å². The molecule has 0 aromatic rings. The molecule has 0 atom stereocenters. The summed E-state index contributed by atoms with van der Waals surface area (Å²) in [5.74, 6) is 0.581. The summed E-state index contributed by atoms with van der Waals surface area (Å²) < 4.78 is 0. The van der Waals surface area contributed by atoms with Crippen LogP contribution in [0.2, 0.25) is 0 Å². The van der Waals surface area contributed by atoms with Crippen molar-refractivity contribution in [3.63, 3.8) is 0 Å².